The summed E-state index contributed by atoms with van der Waals surface area (Å²) in [6, 6.07) is 8.40. The Balaban J connectivity index is 1.89. The summed E-state index contributed by atoms with van der Waals surface area (Å²) in [7, 11) is 0. The maximum absolute atomic E-state index is 3.71. The highest BCUT2D eigenvalue weighted by molar-refractivity contribution is 5.52. The van der Waals surface area contributed by atoms with Crippen LogP contribution in [0.5, 0.6) is 0 Å². The monoisotopic (exact) mass is 244 g/mol. The number of aryl methyl sites for hydroxylation is 2. The van der Waals surface area contributed by atoms with Gasteiger partial charge in [0.05, 0.1) is 0 Å². The molecule has 0 aromatic heterocycles. The van der Waals surface area contributed by atoms with Crippen molar-refractivity contribution >= 4 is 5.69 Å². The van der Waals surface area contributed by atoms with Gasteiger partial charge in [-0.15, -0.1) is 0 Å². The third kappa shape index (κ3) is 2.26. The second-order valence-corrected chi connectivity index (χ2v) is 5.95. The molecule has 0 radical (unpaired) electrons. The predicted molar refractivity (Wildman–Crippen MR) is 77.3 cm³/mol. The topological polar surface area (TPSA) is 15.3 Å². The van der Waals surface area contributed by atoms with Crippen molar-refractivity contribution < 1.29 is 0 Å². The van der Waals surface area contributed by atoms with E-state index in [1.165, 1.54) is 42.5 Å². The molecule has 0 spiro atoms. The lowest BCUT2D eigenvalue weighted by molar-refractivity contribution is 0.284. The lowest BCUT2D eigenvalue weighted by Gasteiger charge is -2.46. The molecule has 2 heteroatoms. The Bertz CT molecular complexity index is 405. The van der Waals surface area contributed by atoms with Crippen LogP contribution in [-0.4, -0.2) is 25.2 Å². The lowest BCUT2D eigenvalue weighted by atomic mass is 9.87. The molecule has 1 aromatic rings. The molecule has 1 N–H and O–H groups in total. The van der Waals surface area contributed by atoms with Crippen molar-refractivity contribution in [1.82, 2.24) is 5.32 Å². The molecular weight excluding hydrogens is 220 g/mol. The first kappa shape index (κ1) is 12.0. The van der Waals surface area contributed by atoms with Gasteiger partial charge in [-0.3, -0.25) is 0 Å². The summed E-state index contributed by atoms with van der Waals surface area (Å²) in [6.07, 6.45) is 5.50. The molecule has 2 nitrogen and oxygen atoms in total. The third-order valence-corrected chi connectivity index (χ3v) is 4.43. The first-order valence-corrected chi connectivity index (χ1v) is 7.32. The van der Waals surface area contributed by atoms with Gasteiger partial charge in [-0.1, -0.05) is 18.9 Å². The molecule has 98 valence electrons. The summed E-state index contributed by atoms with van der Waals surface area (Å²) < 4.78 is 0. The second kappa shape index (κ2) is 4.93. The highest BCUT2D eigenvalue weighted by Gasteiger charge is 2.33. The average Bonchev–Trinajstić information content (AvgIpc) is 2.37. The quantitative estimate of drug-likeness (QED) is 0.817. The van der Waals surface area contributed by atoms with Gasteiger partial charge in [0.25, 0.3) is 0 Å². The molecule has 1 saturated carbocycles. The van der Waals surface area contributed by atoms with Gasteiger partial charge in [0, 0.05) is 30.9 Å². The van der Waals surface area contributed by atoms with Crippen molar-refractivity contribution in [2.45, 2.75) is 51.6 Å². The minimum atomic E-state index is 0.716. The standard InChI is InChI=1S/C16H24N2/c1-12-9-13(2)11-14(10-12)18-8-7-17-15-5-3-4-6-16(15)18/h9-11,15-17H,3-8H2,1-2H3/t15-,16-/m0/s1. The molecule has 3 rings (SSSR count). The molecule has 2 fully saturated rings. The highest BCUT2D eigenvalue weighted by Crippen LogP contribution is 2.30. The van der Waals surface area contributed by atoms with E-state index in [2.05, 4.69) is 42.3 Å². The number of rotatable bonds is 1. The van der Waals surface area contributed by atoms with Crippen LogP contribution in [0.25, 0.3) is 0 Å². The van der Waals surface area contributed by atoms with E-state index in [1.54, 1.807) is 0 Å². The van der Waals surface area contributed by atoms with Crippen LogP contribution in [-0.2, 0) is 0 Å². The summed E-state index contributed by atoms with van der Waals surface area (Å²) in [4.78, 5) is 2.65. The Morgan fingerprint density at radius 3 is 2.56 bits per heavy atom. The normalized spacial score (nSPS) is 28.0. The average molecular weight is 244 g/mol. The minimum absolute atomic E-state index is 0.716. The van der Waals surface area contributed by atoms with Crippen LogP contribution in [0.4, 0.5) is 5.69 Å². The van der Waals surface area contributed by atoms with Crippen molar-refractivity contribution in [3.8, 4) is 0 Å². The van der Waals surface area contributed by atoms with Crippen LogP contribution in [0.15, 0.2) is 18.2 Å². The number of anilines is 1. The van der Waals surface area contributed by atoms with Crippen molar-refractivity contribution in [3.63, 3.8) is 0 Å². The molecule has 1 saturated heterocycles. The van der Waals surface area contributed by atoms with E-state index in [0.29, 0.717) is 12.1 Å². The van der Waals surface area contributed by atoms with Gasteiger partial charge < -0.3 is 10.2 Å². The van der Waals surface area contributed by atoms with E-state index in [0.717, 1.165) is 13.1 Å². The number of hydrogen-bond donors (Lipinski definition) is 1. The SMILES string of the molecule is Cc1cc(C)cc(N2CCN[C@H]3CCCC[C@@H]32)c1. The maximum Gasteiger partial charge on any atom is 0.0443 e. The van der Waals surface area contributed by atoms with Crippen LogP contribution in [0.2, 0.25) is 0 Å². The van der Waals surface area contributed by atoms with E-state index in [9.17, 15) is 0 Å². The summed E-state index contributed by atoms with van der Waals surface area (Å²) in [5.74, 6) is 0. The molecule has 18 heavy (non-hydrogen) atoms. The van der Waals surface area contributed by atoms with Gasteiger partial charge in [-0.2, -0.15) is 0 Å². The zero-order chi connectivity index (χ0) is 12.5. The highest BCUT2D eigenvalue weighted by atomic mass is 15.2. The summed E-state index contributed by atoms with van der Waals surface area (Å²) in [5, 5.41) is 3.71. The van der Waals surface area contributed by atoms with Crippen LogP contribution in [0, 0.1) is 13.8 Å². The Labute approximate surface area is 110 Å². The first-order valence-electron chi connectivity index (χ1n) is 7.32. The summed E-state index contributed by atoms with van der Waals surface area (Å²) >= 11 is 0. The van der Waals surface area contributed by atoms with E-state index >= 15 is 0 Å². The number of hydrogen-bond acceptors (Lipinski definition) is 2. The fraction of sp³-hybridized carbons (Fsp3) is 0.625. The number of nitrogens with one attached hydrogen (secondary N) is 1. The Morgan fingerprint density at radius 1 is 1.06 bits per heavy atom. The molecule has 2 atom stereocenters. The van der Waals surface area contributed by atoms with Crippen LogP contribution < -0.4 is 10.2 Å². The minimum Gasteiger partial charge on any atom is -0.366 e. The van der Waals surface area contributed by atoms with Gasteiger partial charge in [-0.25, -0.2) is 0 Å². The Hall–Kier alpha value is -1.02. The zero-order valence-corrected chi connectivity index (χ0v) is 11.6. The van der Waals surface area contributed by atoms with E-state index in [4.69, 9.17) is 0 Å². The number of fused-ring (bicyclic) bond motifs is 1. The molecule has 1 aromatic carbocycles. The van der Waals surface area contributed by atoms with Gasteiger partial charge in [0.2, 0.25) is 0 Å². The molecular formula is C16H24N2. The maximum atomic E-state index is 3.71. The van der Waals surface area contributed by atoms with E-state index in [1.807, 2.05) is 0 Å². The van der Waals surface area contributed by atoms with Gasteiger partial charge in [0.1, 0.15) is 0 Å². The first-order chi connectivity index (χ1) is 8.74. The molecule has 0 bridgehead atoms. The summed E-state index contributed by atoms with van der Waals surface area (Å²) in [6.45, 7) is 6.70. The number of nitrogens with zero attached hydrogens (tertiary/aromatic N) is 1. The summed E-state index contributed by atoms with van der Waals surface area (Å²) in [5.41, 5.74) is 4.21. The van der Waals surface area contributed by atoms with Crippen molar-refractivity contribution in [1.29, 1.82) is 0 Å². The van der Waals surface area contributed by atoms with Crippen LogP contribution in [0.1, 0.15) is 36.8 Å². The molecule has 1 aliphatic carbocycles. The Morgan fingerprint density at radius 2 is 1.78 bits per heavy atom. The molecule has 1 aliphatic heterocycles. The zero-order valence-electron chi connectivity index (χ0n) is 11.6. The Kier molecular flexibility index (Phi) is 3.29. The van der Waals surface area contributed by atoms with E-state index in [-0.39, 0.29) is 0 Å². The fourth-order valence-corrected chi connectivity index (χ4v) is 3.70. The fourth-order valence-electron chi connectivity index (χ4n) is 3.70. The van der Waals surface area contributed by atoms with Gasteiger partial charge in [-0.05, 0) is 49.9 Å². The van der Waals surface area contributed by atoms with Gasteiger partial charge in [0.15, 0.2) is 0 Å². The molecule has 0 unspecified atom stereocenters. The third-order valence-electron chi connectivity index (χ3n) is 4.43. The van der Waals surface area contributed by atoms with Crippen LogP contribution in [0.3, 0.4) is 0 Å². The molecule has 1 heterocycles. The predicted octanol–water partition coefficient (Wildman–Crippen LogP) is 3.02. The molecule has 0 amide bonds. The number of piperazine rings is 1. The number of benzene rings is 1. The van der Waals surface area contributed by atoms with Crippen molar-refractivity contribution in [2.75, 3.05) is 18.0 Å². The molecule has 2 aliphatic rings. The lowest BCUT2D eigenvalue weighted by Crippen LogP contribution is -2.59. The van der Waals surface area contributed by atoms with Crippen LogP contribution >= 0.6 is 0 Å². The van der Waals surface area contributed by atoms with Gasteiger partial charge >= 0.3 is 0 Å². The van der Waals surface area contributed by atoms with Crippen molar-refractivity contribution in [2.24, 2.45) is 0 Å². The second-order valence-electron chi connectivity index (χ2n) is 5.95. The van der Waals surface area contributed by atoms with Crippen molar-refractivity contribution in [3.05, 3.63) is 29.3 Å². The smallest absolute Gasteiger partial charge is 0.0443 e. The van der Waals surface area contributed by atoms with E-state index < -0.39 is 0 Å². The largest absolute Gasteiger partial charge is 0.366 e.